The number of carbonyl (C=O) groups excluding carboxylic acids is 2. The highest BCUT2D eigenvalue weighted by molar-refractivity contribution is 7.14. The summed E-state index contributed by atoms with van der Waals surface area (Å²) in [6.45, 7) is 3.11. The maximum absolute atomic E-state index is 11.6. The number of ketones is 1. The molecule has 0 aromatic carbocycles. The first-order valence-electron chi connectivity index (χ1n) is 4.73. The third-order valence-corrected chi connectivity index (χ3v) is 2.64. The van der Waals surface area contributed by atoms with Crippen molar-refractivity contribution < 1.29 is 9.59 Å². The van der Waals surface area contributed by atoms with Crippen LogP contribution in [0.4, 0.5) is 5.13 Å². The largest absolute Gasteiger partial charge is 0.297 e. The highest BCUT2D eigenvalue weighted by atomic mass is 32.1. The summed E-state index contributed by atoms with van der Waals surface area (Å²) in [6.07, 6.45) is 0. The smallest absolute Gasteiger partial charge is 0.295 e. The van der Waals surface area contributed by atoms with Crippen molar-refractivity contribution in [1.29, 1.82) is 0 Å². The second-order valence-corrected chi connectivity index (χ2v) is 4.15. The Kier molecular flexibility index (Phi) is 2.96. The maximum Gasteiger partial charge on any atom is 0.297 e. The van der Waals surface area contributed by atoms with E-state index in [9.17, 15) is 9.59 Å². The van der Waals surface area contributed by atoms with Gasteiger partial charge in [0.05, 0.1) is 0 Å². The SMILES string of the molecule is CC(=O)c1csc(NC(=O)c2n[nH]c(C)n2)n1. The minimum Gasteiger partial charge on any atom is -0.295 e. The number of aryl methyl sites for hydroxylation is 1. The summed E-state index contributed by atoms with van der Waals surface area (Å²) in [6, 6.07) is 0. The van der Waals surface area contributed by atoms with Crippen molar-refractivity contribution in [3.63, 3.8) is 0 Å². The molecule has 0 aliphatic rings. The van der Waals surface area contributed by atoms with E-state index in [1.807, 2.05) is 0 Å². The molecular weight excluding hydrogens is 242 g/mol. The third-order valence-electron chi connectivity index (χ3n) is 1.89. The quantitative estimate of drug-likeness (QED) is 0.793. The molecule has 2 aromatic heterocycles. The number of carbonyl (C=O) groups is 2. The lowest BCUT2D eigenvalue weighted by Crippen LogP contribution is -2.13. The first kappa shape index (κ1) is 11.4. The van der Waals surface area contributed by atoms with Crippen LogP contribution in [0.15, 0.2) is 5.38 Å². The Hall–Kier alpha value is -2.09. The molecule has 0 unspecified atom stereocenters. The molecule has 0 aliphatic heterocycles. The van der Waals surface area contributed by atoms with Gasteiger partial charge in [-0.15, -0.1) is 16.4 Å². The summed E-state index contributed by atoms with van der Waals surface area (Å²) in [5.41, 5.74) is 0.330. The molecular formula is C9H9N5O2S. The van der Waals surface area contributed by atoms with E-state index in [0.29, 0.717) is 16.6 Å². The van der Waals surface area contributed by atoms with Crippen molar-refractivity contribution in [2.24, 2.45) is 0 Å². The van der Waals surface area contributed by atoms with Gasteiger partial charge < -0.3 is 0 Å². The predicted octanol–water partition coefficient (Wildman–Crippen LogP) is 1.02. The Morgan fingerprint density at radius 1 is 1.41 bits per heavy atom. The van der Waals surface area contributed by atoms with E-state index in [2.05, 4.69) is 25.5 Å². The van der Waals surface area contributed by atoms with Crippen LogP contribution in [0.25, 0.3) is 0 Å². The van der Waals surface area contributed by atoms with Crippen LogP contribution in [-0.2, 0) is 0 Å². The van der Waals surface area contributed by atoms with Crippen LogP contribution in [-0.4, -0.2) is 31.9 Å². The molecule has 2 aromatic rings. The van der Waals surface area contributed by atoms with Crippen molar-refractivity contribution in [1.82, 2.24) is 20.2 Å². The molecule has 0 atom stereocenters. The summed E-state index contributed by atoms with van der Waals surface area (Å²) >= 11 is 1.18. The van der Waals surface area contributed by atoms with E-state index in [0.717, 1.165) is 0 Å². The molecule has 0 radical (unpaired) electrons. The first-order chi connectivity index (χ1) is 8.06. The molecule has 17 heavy (non-hydrogen) atoms. The minimum atomic E-state index is -0.459. The number of anilines is 1. The van der Waals surface area contributed by atoms with Gasteiger partial charge in [0, 0.05) is 12.3 Å². The van der Waals surface area contributed by atoms with Crippen LogP contribution >= 0.6 is 11.3 Å². The standard InChI is InChI=1S/C9H9N5O2S/c1-4(15)6-3-17-9(11-6)12-8(16)7-10-5(2)13-14-7/h3H,1-2H3,(H,10,13,14)(H,11,12,16). The fraction of sp³-hybridized carbons (Fsp3) is 0.222. The minimum absolute atomic E-state index is 0.0436. The lowest BCUT2D eigenvalue weighted by molar-refractivity contribution is 0.1000. The van der Waals surface area contributed by atoms with E-state index < -0.39 is 5.91 Å². The lowest BCUT2D eigenvalue weighted by Gasteiger charge is -1.95. The average molecular weight is 251 g/mol. The molecule has 2 rings (SSSR count). The number of H-pyrrole nitrogens is 1. The highest BCUT2D eigenvalue weighted by Crippen LogP contribution is 2.16. The number of nitrogens with one attached hydrogen (secondary N) is 2. The molecule has 2 heterocycles. The molecule has 7 nitrogen and oxygen atoms in total. The molecule has 0 aliphatic carbocycles. The number of aromatic amines is 1. The van der Waals surface area contributed by atoms with Gasteiger partial charge in [-0.1, -0.05) is 0 Å². The second kappa shape index (κ2) is 4.42. The van der Waals surface area contributed by atoms with Gasteiger partial charge in [0.2, 0.25) is 5.82 Å². The van der Waals surface area contributed by atoms with E-state index in [-0.39, 0.29) is 11.6 Å². The van der Waals surface area contributed by atoms with Crippen molar-refractivity contribution in [3.05, 3.63) is 22.7 Å². The Morgan fingerprint density at radius 2 is 2.18 bits per heavy atom. The van der Waals surface area contributed by atoms with Crippen molar-refractivity contribution in [2.75, 3.05) is 5.32 Å². The summed E-state index contributed by atoms with van der Waals surface area (Å²) in [5.74, 6) is -0.00456. The van der Waals surface area contributed by atoms with E-state index >= 15 is 0 Å². The average Bonchev–Trinajstić information content (AvgIpc) is 2.86. The van der Waals surface area contributed by atoms with E-state index in [1.165, 1.54) is 18.3 Å². The molecule has 2 N–H and O–H groups in total. The Labute approximate surface area is 100 Å². The maximum atomic E-state index is 11.6. The van der Waals surface area contributed by atoms with Gasteiger partial charge in [0.1, 0.15) is 11.5 Å². The molecule has 0 saturated carbocycles. The number of amides is 1. The fourth-order valence-electron chi connectivity index (χ4n) is 1.09. The summed E-state index contributed by atoms with van der Waals surface area (Å²) < 4.78 is 0. The number of hydrogen-bond donors (Lipinski definition) is 2. The summed E-state index contributed by atoms with van der Waals surface area (Å²) in [4.78, 5) is 30.5. The second-order valence-electron chi connectivity index (χ2n) is 3.29. The van der Waals surface area contributed by atoms with E-state index in [4.69, 9.17) is 0 Å². The molecule has 0 bridgehead atoms. The number of Topliss-reactive ketones (excluding diaryl/α,β-unsaturated/α-hetero) is 1. The molecule has 8 heteroatoms. The Bertz CT molecular complexity index is 573. The van der Waals surface area contributed by atoms with Crippen LogP contribution in [0, 0.1) is 6.92 Å². The Morgan fingerprint density at radius 3 is 2.71 bits per heavy atom. The van der Waals surface area contributed by atoms with Crippen LogP contribution in [0.5, 0.6) is 0 Å². The van der Waals surface area contributed by atoms with Crippen molar-refractivity contribution >= 4 is 28.2 Å². The van der Waals surface area contributed by atoms with Crippen molar-refractivity contribution in [3.8, 4) is 0 Å². The number of thiazole rings is 1. The van der Waals surface area contributed by atoms with E-state index in [1.54, 1.807) is 12.3 Å². The first-order valence-corrected chi connectivity index (χ1v) is 5.61. The topological polar surface area (TPSA) is 101 Å². The Balaban J connectivity index is 2.10. The number of aromatic nitrogens is 4. The normalized spacial score (nSPS) is 10.2. The third kappa shape index (κ3) is 2.53. The van der Waals surface area contributed by atoms with Crippen LogP contribution in [0.2, 0.25) is 0 Å². The molecule has 1 amide bonds. The van der Waals surface area contributed by atoms with Gasteiger partial charge in [0.25, 0.3) is 5.91 Å². The van der Waals surface area contributed by atoms with Crippen LogP contribution < -0.4 is 5.32 Å². The van der Waals surface area contributed by atoms with Crippen molar-refractivity contribution in [2.45, 2.75) is 13.8 Å². The zero-order valence-corrected chi connectivity index (χ0v) is 9.96. The van der Waals surface area contributed by atoms with Gasteiger partial charge >= 0.3 is 0 Å². The van der Waals surface area contributed by atoms with Gasteiger partial charge in [-0.05, 0) is 6.92 Å². The van der Waals surface area contributed by atoms with Crippen LogP contribution in [0.1, 0.15) is 33.9 Å². The molecule has 88 valence electrons. The fourth-order valence-corrected chi connectivity index (χ4v) is 1.83. The number of hydrogen-bond acceptors (Lipinski definition) is 6. The monoisotopic (exact) mass is 251 g/mol. The lowest BCUT2D eigenvalue weighted by atomic mass is 10.4. The van der Waals surface area contributed by atoms with Gasteiger partial charge in [-0.2, -0.15) is 0 Å². The van der Waals surface area contributed by atoms with Crippen LogP contribution in [0.3, 0.4) is 0 Å². The van der Waals surface area contributed by atoms with Gasteiger partial charge in [-0.3, -0.25) is 20.0 Å². The zero-order chi connectivity index (χ0) is 12.4. The zero-order valence-electron chi connectivity index (χ0n) is 9.14. The number of nitrogens with zero attached hydrogens (tertiary/aromatic N) is 3. The van der Waals surface area contributed by atoms with Gasteiger partial charge in [-0.25, -0.2) is 9.97 Å². The highest BCUT2D eigenvalue weighted by Gasteiger charge is 2.14. The van der Waals surface area contributed by atoms with Gasteiger partial charge in [0.15, 0.2) is 10.9 Å². The predicted molar refractivity (Wildman–Crippen MR) is 61.2 cm³/mol. The summed E-state index contributed by atoms with van der Waals surface area (Å²) in [7, 11) is 0. The molecule has 0 fully saturated rings. The number of rotatable bonds is 3. The molecule has 0 spiro atoms. The molecule has 0 saturated heterocycles. The summed E-state index contributed by atoms with van der Waals surface area (Å²) in [5, 5.41) is 10.7.